The zero-order valence-electron chi connectivity index (χ0n) is 25.6. The van der Waals surface area contributed by atoms with Gasteiger partial charge in [-0.3, -0.25) is 0 Å². The average Bonchev–Trinajstić information content (AvgIpc) is 3.02. The van der Waals surface area contributed by atoms with Crippen molar-refractivity contribution in [2.45, 2.75) is 78.1 Å². The van der Waals surface area contributed by atoms with Crippen LogP contribution in [0.1, 0.15) is 97.9 Å². The van der Waals surface area contributed by atoms with Crippen molar-refractivity contribution in [1.29, 1.82) is 0 Å². The van der Waals surface area contributed by atoms with Gasteiger partial charge >= 0.3 is 17.9 Å². The summed E-state index contributed by atoms with van der Waals surface area (Å²) in [6, 6.07) is 22.2. The number of benzene rings is 3. The standard InChI is InChI=1S/C37H44O6/c1-4-5-6-11-27-42-36(39)32-20-18-30(19-21-32)31-22-24-34(25-23-31)43-37(40)33-16-14-29(15-17-33)13-10-8-7-9-12-26-41-35(38)28(2)3/h14-25H,2,4-13,26-27H2,1,3H3. The topological polar surface area (TPSA) is 78.9 Å². The summed E-state index contributed by atoms with van der Waals surface area (Å²) in [6.07, 6.45) is 10.4. The van der Waals surface area contributed by atoms with Gasteiger partial charge in [-0.2, -0.15) is 0 Å². The first-order valence-electron chi connectivity index (χ1n) is 15.4. The molecular formula is C37H44O6. The summed E-state index contributed by atoms with van der Waals surface area (Å²) in [6.45, 7) is 8.27. The maximum atomic E-state index is 12.7. The van der Waals surface area contributed by atoms with E-state index in [0.29, 0.717) is 35.7 Å². The van der Waals surface area contributed by atoms with Gasteiger partial charge in [0, 0.05) is 5.57 Å². The Kier molecular flexibility index (Phi) is 14.2. The molecule has 0 unspecified atom stereocenters. The first kappa shape index (κ1) is 33.3. The smallest absolute Gasteiger partial charge is 0.343 e. The van der Waals surface area contributed by atoms with Crippen molar-refractivity contribution in [3.8, 4) is 16.9 Å². The number of ether oxygens (including phenoxy) is 3. The Balaban J connectivity index is 1.38. The monoisotopic (exact) mass is 584 g/mol. The first-order valence-corrected chi connectivity index (χ1v) is 15.4. The molecule has 0 saturated carbocycles. The van der Waals surface area contributed by atoms with Crippen LogP contribution < -0.4 is 4.74 Å². The average molecular weight is 585 g/mol. The van der Waals surface area contributed by atoms with Gasteiger partial charge in [0.1, 0.15) is 5.75 Å². The minimum absolute atomic E-state index is 0.300. The summed E-state index contributed by atoms with van der Waals surface area (Å²) in [4.78, 5) is 36.3. The molecule has 43 heavy (non-hydrogen) atoms. The quantitative estimate of drug-likeness (QED) is 0.0643. The normalized spacial score (nSPS) is 10.7. The molecule has 0 radical (unpaired) electrons. The Morgan fingerprint density at radius 3 is 1.74 bits per heavy atom. The van der Waals surface area contributed by atoms with Crippen molar-refractivity contribution in [2.24, 2.45) is 0 Å². The maximum absolute atomic E-state index is 12.7. The SMILES string of the molecule is C=C(C)C(=O)OCCCCCCCc1ccc(C(=O)Oc2ccc(-c3ccc(C(=O)OCCCCCC)cc3)cc2)cc1. The molecule has 0 aliphatic carbocycles. The third-order valence-corrected chi connectivity index (χ3v) is 7.13. The Labute approximate surface area is 256 Å². The van der Waals surface area contributed by atoms with Crippen molar-refractivity contribution in [1.82, 2.24) is 0 Å². The summed E-state index contributed by atoms with van der Waals surface area (Å²) in [5.74, 6) is -0.553. The maximum Gasteiger partial charge on any atom is 0.343 e. The molecule has 0 fully saturated rings. The van der Waals surface area contributed by atoms with Crippen LogP contribution in [-0.2, 0) is 20.7 Å². The van der Waals surface area contributed by atoms with Crippen LogP contribution in [0.4, 0.5) is 0 Å². The van der Waals surface area contributed by atoms with Gasteiger partial charge in [0.15, 0.2) is 0 Å². The fourth-order valence-corrected chi connectivity index (χ4v) is 4.51. The number of aryl methyl sites for hydroxylation is 1. The van der Waals surface area contributed by atoms with E-state index < -0.39 is 5.97 Å². The summed E-state index contributed by atoms with van der Waals surface area (Å²) in [5, 5.41) is 0. The highest BCUT2D eigenvalue weighted by Gasteiger charge is 2.11. The molecule has 3 aromatic carbocycles. The summed E-state index contributed by atoms with van der Waals surface area (Å²) in [5.41, 5.74) is 4.56. The molecule has 0 saturated heterocycles. The summed E-state index contributed by atoms with van der Waals surface area (Å²) >= 11 is 0. The van der Waals surface area contributed by atoms with Crippen LogP contribution in [0.2, 0.25) is 0 Å². The zero-order valence-corrected chi connectivity index (χ0v) is 25.6. The van der Waals surface area contributed by atoms with Gasteiger partial charge in [0.25, 0.3) is 0 Å². The molecule has 0 aliphatic heterocycles. The van der Waals surface area contributed by atoms with Gasteiger partial charge in [0.05, 0.1) is 24.3 Å². The van der Waals surface area contributed by atoms with E-state index in [-0.39, 0.29) is 11.9 Å². The van der Waals surface area contributed by atoms with Crippen LogP contribution in [0.5, 0.6) is 5.75 Å². The first-order chi connectivity index (χ1) is 20.9. The number of carbonyl (C=O) groups is 3. The third kappa shape index (κ3) is 11.9. The lowest BCUT2D eigenvalue weighted by molar-refractivity contribution is -0.139. The Morgan fingerprint density at radius 2 is 1.12 bits per heavy atom. The molecule has 0 heterocycles. The van der Waals surface area contributed by atoms with Gasteiger partial charge in [-0.15, -0.1) is 0 Å². The van der Waals surface area contributed by atoms with Crippen molar-refractivity contribution in [3.05, 3.63) is 102 Å². The second kappa shape index (κ2) is 18.4. The predicted molar refractivity (Wildman–Crippen MR) is 170 cm³/mol. The number of hydrogen-bond donors (Lipinski definition) is 0. The van der Waals surface area contributed by atoms with E-state index in [1.807, 2.05) is 36.4 Å². The lowest BCUT2D eigenvalue weighted by Gasteiger charge is -2.08. The second-order valence-corrected chi connectivity index (χ2v) is 10.8. The highest BCUT2D eigenvalue weighted by atomic mass is 16.5. The van der Waals surface area contributed by atoms with E-state index in [1.54, 1.807) is 43.3 Å². The molecule has 3 rings (SSSR count). The molecule has 0 bridgehead atoms. The lowest BCUT2D eigenvalue weighted by Crippen LogP contribution is -2.08. The van der Waals surface area contributed by atoms with Crippen LogP contribution in [0.25, 0.3) is 11.1 Å². The van der Waals surface area contributed by atoms with Crippen LogP contribution in [0.3, 0.4) is 0 Å². The summed E-state index contributed by atoms with van der Waals surface area (Å²) < 4.78 is 16.1. The highest BCUT2D eigenvalue weighted by Crippen LogP contribution is 2.24. The van der Waals surface area contributed by atoms with Gasteiger partial charge in [-0.05, 0) is 85.7 Å². The third-order valence-electron chi connectivity index (χ3n) is 7.13. The van der Waals surface area contributed by atoms with Crippen molar-refractivity contribution in [2.75, 3.05) is 13.2 Å². The van der Waals surface area contributed by atoms with E-state index in [1.165, 1.54) is 5.56 Å². The largest absolute Gasteiger partial charge is 0.462 e. The molecule has 0 atom stereocenters. The Hall–Kier alpha value is -4.19. The van der Waals surface area contributed by atoms with Crippen molar-refractivity contribution >= 4 is 17.9 Å². The minimum atomic E-state index is -0.399. The van der Waals surface area contributed by atoms with E-state index in [4.69, 9.17) is 14.2 Å². The van der Waals surface area contributed by atoms with Crippen LogP contribution in [-0.4, -0.2) is 31.1 Å². The molecule has 0 aromatic heterocycles. The Morgan fingerprint density at radius 1 is 0.605 bits per heavy atom. The fraction of sp³-hybridized carbons (Fsp3) is 0.378. The summed E-state index contributed by atoms with van der Waals surface area (Å²) in [7, 11) is 0. The van der Waals surface area contributed by atoms with Gasteiger partial charge in [-0.1, -0.05) is 88.4 Å². The minimum Gasteiger partial charge on any atom is -0.462 e. The lowest BCUT2D eigenvalue weighted by atomic mass is 10.0. The zero-order chi connectivity index (χ0) is 30.9. The fourth-order valence-electron chi connectivity index (χ4n) is 4.51. The molecule has 6 heteroatoms. The molecular weight excluding hydrogens is 540 g/mol. The molecule has 0 spiro atoms. The Bertz CT molecular complexity index is 1310. The number of hydrogen-bond acceptors (Lipinski definition) is 6. The molecule has 0 amide bonds. The number of esters is 3. The van der Waals surface area contributed by atoms with E-state index in [2.05, 4.69) is 13.5 Å². The predicted octanol–water partition coefficient (Wildman–Crippen LogP) is 8.92. The van der Waals surface area contributed by atoms with Gasteiger partial charge < -0.3 is 14.2 Å². The second-order valence-electron chi connectivity index (χ2n) is 10.8. The van der Waals surface area contributed by atoms with E-state index in [9.17, 15) is 14.4 Å². The van der Waals surface area contributed by atoms with E-state index >= 15 is 0 Å². The molecule has 228 valence electrons. The van der Waals surface area contributed by atoms with Crippen LogP contribution in [0.15, 0.2) is 84.9 Å². The van der Waals surface area contributed by atoms with Crippen molar-refractivity contribution < 1.29 is 28.6 Å². The number of rotatable bonds is 18. The highest BCUT2D eigenvalue weighted by molar-refractivity contribution is 5.91. The van der Waals surface area contributed by atoms with Crippen LogP contribution in [0, 0.1) is 0 Å². The molecule has 3 aromatic rings. The molecule has 6 nitrogen and oxygen atoms in total. The number of carbonyl (C=O) groups excluding carboxylic acids is 3. The van der Waals surface area contributed by atoms with Crippen LogP contribution >= 0.6 is 0 Å². The van der Waals surface area contributed by atoms with Gasteiger partial charge in [-0.25, -0.2) is 14.4 Å². The van der Waals surface area contributed by atoms with Crippen molar-refractivity contribution in [3.63, 3.8) is 0 Å². The number of unbranched alkanes of at least 4 members (excludes halogenated alkanes) is 7. The molecule has 0 aliphatic rings. The van der Waals surface area contributed by atoms with Gasteiger partial charge in [0.2, 0.25) is 0 Å². The molecule has 0 N–H and O–H groups in total. The van der Waals surface area contributed by atoms with E-state index in [0.717, 1.165) is 75.3 Å².